The number of methoxy groups -OCH3 is 1. The van der Waals surface area contributed by atoms with Crippen LogP contribution in [0, 0.1) is 0 Å². The fourth-order valence-electron chi connectivity index (χ4n) is 5.44. The van der Waals surface area contributed by atoms with Crippen molar-refractivity contribution in [2.75, 3.05) is 33.5 Å². The molecule has 4 fully saturated rings. The lowest BCUT2D eigenvalue weighted by atomic mass is 9.95. The van der Waals surface area contributed by atoms with Crippen molar-refractivity contribution >= 4 is 5.91 Å². The standard InChI is InChI=1S/C25H43NO19/c1-7(28)26-12-16(34)20(11(43-22(12)38-2)6-41-23-19(37)17(35)15(33)10(3-27)42-23)44-25-21(14(32)9(30)5-40-25)45-24-18(36)13(31)8(29)4-39-24/h8-25,27,29-37H,3-6H2,1-2H3,(H,26,28). The molecule has 18 atom stereocenters. The number of amides is 1. The number of hydrogen-bond donors (Lipinski definition) is 11. The third-order valence-corrected chi connectivity index (χ3v) is 8.02. The first-order chi connectivity index (χ1) is 21.3. The number of hydrogen-bond acceptors (Lipinski definition) is 19. The van der Waals surface area contributed by atoms with Crippen molar-refractivity contribution in [3.8, 4) is 0 Å². The molecule has 4 heterocycles. The Labute approximate surface area is 256 Å². The first kappa shape index (κ1) is 36.6. The average molecular weight is 662 g/mol. The molecule has 262 valence electrons. The van der Waals surface area contributed by atoms with E-state index in [4.69, 9.17) is 37.9 Å². The van der Waals surface area contributed by atoms with E-state index < -0.39 is 143 Å². The minimum Gasteiger partial charge on any atom is -0.394 e. The predicted molar refractivity (Wildman–Crippen MR) is 138 cm³/mol. The van der Waals surface area contributed by atoms with E-state index in [0.717, 1.165) is 0 Å². The van der Waals surface area contributed by atoms with Gasteiger partial charge in [-0.2, -0.15) is 0 Å². The van der Waals surface area contributed by atoms with Crippen LogP contribution in [0.5, 0.6) is 0 Å². The van der Waals surface area contributed by atoms with Crippen LogP contribution in [-0.4, -0.2) is 201 Å². The minimum absolute atomic E-state index is 0.440. The van der Waals surface area contributed by atoms with Crippen molar-refractivity contribution in [2.45, 2.75) is 117 Å². The summed E-state index contributed by atoms with van der Waals surface area (Å²) in [7, 11) is 1.23. The van der Waals surface area contributed by atoms with E-state index in [0.29, 0.717) is 0 Å². The monoisotopic (exact) mass is 661 g/mol. The maximum Gasteiger partial charge on any atom is 0.217 e. The van der Waals surface area contributed by atoms with E-state index in [9.17, 15) is 55.9 Å². The van der Waals surface area contributed by atoms with Crippen LogP contribution in [0.1, 0.15) is 6.92 Å². The molecule has 4 aliphatic heterocycles. The summed E-state index contributed by atoms with van der Waals surface area (Å²) < 4.78 is 44.6. The quantitative estimate of drug-likeness (QED) is 0.104. The van der Waals surface area contributed by atoms with Gasteiger partial charge in [-0.1, -0.05) is 0 Å². The highest BCUT2D eigenvalue weighted by Gasteiger charge is 2.53. The van der Waals surface area contributed by atoms with Crippen LogP contribution in [0.2, 0.25) is 0 Å². The zero-order chi connectivity index (χ0) is 33.2. The fourth-order valence-corrected chi connectivity index (χ4v) is 5.44. The highest BCUT2D eigenvalue weighted by atomic mass is 16.8. The van der Waals surface area contributed by atoms with Gasteiger partial charge in [0.1, 0.15) is 85.4 Å². The smallest absolute Gasteiger partial charge is 0.217 e. The molecular weight excluding hydrogens is 618 g/mol. The molecule has 4 rings (SSSR count). The Morgan fingerprint density at radius 2 is 1.27 bits per heavy atom. The molecule has 11 N–H and O–H groups in total. The maximum absolute atomic E-state index is 11.9. The van der Waals surface area contributed by atoms with E-state index in [-0.39, 0.29) is 0 Å². The third-order valence-electron chi connectivity index (χ3n) is 8.02. The van der Waals surface area contributed by atoms with Crippen molar-refractivity contribution in [2.24, 2.45) is 0 Å². The largest absolute Gasteiger partial charge is 0.394 e. The van der Waals surface area contributed by atoms with Gasteiger partial charge in [-0.15, -0.1) is 0 Å². The summed E-state index contributed by atoms with van der Waals surface area (Å²) in [6.07, 6.45) is -26.8. The summed E-state index contributed by atoms with van der Waals surface area (Å²) in [4.78, 5) is 11.9. The zero-order valence-corrected chi connectivity index (χ0v) is 24.4. The van der Waals surface area contributed by atoms with Gasteiger partial charge in [0.05, 0.1) is 26.4 Å². The lowest BCUT2D eigenvalue weighted by molar-refractivity contribution is -0.369. The molecule has 0 radical (unpaired) electrons. The Balaban J connectivity index is 1.56. The van der Waals surface area contributed by atoms with E-state index in [1.54, 1.807) is 0 Å². The maximum atomic E-state index is 11.9. The number of aliphatic hydroxyl groups is 10. The molecule has 0 bridgehead atoms. The van der Waals surface area contributed by atoms with Crippen molar-refractivity contribution in [3.63, 3.8) is 0 Å². The lowest BCUT2D eigenvalue weighted by Gasteiger charge is -2.48. The van der Waals surface area contributed by atoms with Gasteiger partial charge in [-0.25, -0.2) is 0 Å². The van der Waals surface area contributed by atoms with Crippen LogP contribution in [-0.2, 0) is 42.7 Å². The second-order valence-electron chi connectivity index (χ2n) is 11.2. The van der Waals surface area contributed by atoms with Crippen LogP contribution in [0.15, 0.2) is 0 Å². The molecule has 18 unspecified atom stereocenters. The summed E-state index contributed by atoms with van der Waals surface area (Å²) in [6, 6.07) is -1.24. The van der Waals surface area contributed by atoms with E-state index >= 15 is 0 Å². The first-order valence-electron chi connectivity index (χ1n) is 14.3. The van der Waals surface area contributed by atoms with Crippen molar-refractivity contribution in [1.29, 1.82) is 0 Å². The van der Waals surface area contributed by atoms with Gasteiger partial charge in [-0.05, 0) is 0 Å². The second kappa shape index (κ2) is 15.8. The second-order valence-corrected chi connectivity index (χ2v) is 11.2. The number of rotatable bonds is 10. The molecule has 0 spiro atoms. The normalized spacial score (nSPS) is 49.4. The SMILES string of the molecule is COC1OC(COC2OC(CO)C(O)C(O)C2O)C(OC2OCC(O)C(O)C2OC2OCC(O)C(O)C2O)C(O)C1NC(C)=O. The Hall–Kier alpha value is -1.25. The Morgan fingerprint density at radius 1 is 0.689 bits per heavy atom. The predicted octanol–water partition coefficient (Wildman–Crippen LogP) is -7.67. The summed E-state index contributed by atoms with van der Waals surface area (Å²) in [5, 5.41) is 105. The number of ether oxygens (including phenoxy) is 8. The Morgan fingerprint density at radius 3 is 1.89 bits per heavy atom. The fraction of sp³-hybridized carbons (Fsp3) is 0.960. The summed E-state index contributed by atoms with van der Waals surface area (Å²) in [5.41, 5.74) is 0. The zero-order valence-electron chi connectivity index (χ0n) is 24.4. The topological polar surface area (TPSA) is 305 Å². The van der Waals surface area contributed by atoms with Gasteiger partial charge >= 0.3 is 0 Å². The molecule has 0 aromatic carbocycles. The van der Waals surface area contributed by atoms with Crippen LogP contribution in [0.25, 0.3) is 0 Å². The summed E-state index contributed by atoms with van der Waals surface area (Å²) in [5.74, 6) is -0.572. The molecule has 45 heavy (non-hydrogen) atoms. The third kappa shape index (κ3) is 8.08. The number of aliphatic hydroxyl groups excluding tert-OH is 10. The highest BCUT2D eigenvalue weighted by Crippen LogP contribution is 2.32. The van der Waals surface area contributed by atoms with E-state index in [2.05, 4.69) is 5.32 Å². The number of nitrogens with one attached hydrogen (secondary N) is 1. The van der Waals surface area contributed by atoms with Crippen molar-refractivity contribution < 1.29 is 93.8 Å². The molecule has 0 aliphatic carbocycles. The highest BCUT2D eigenvalue weighted by molar-refractivity contribution is 5.73. The Kier molecular flexibility index (Phi) is 12.8. The van der Waals surface area contributed by atoms with Gasteiger partial charge in [0.2, 0.25) is 5.91 Å². The molecule has 0 saturated carbocycles. The van der Waals surface area contributed by atoms with Crippen LogP contribution < -0.4 is 5.32 Å². The van der Waals surface area contributed by atoms with Crippen LogP contribution in [0.4, 0.5) is 0 Å². The van der Waals surface area contributed by atoms with E-state index in [1.807, 2.05) is 0 Å². The van der Waals surface area contributed by atoms with Gasteiger partial charge in [0.25, 0.3) is 0 Å². The minimum atomic E-state index is -1.78. The molecule has 0 aromatic heterocycles. The molecule has 4 saturated heterocycles. The Bertz CT molecular complexity index is 948. The van der Waals surface area contributed by atoms with Crippen molar-refractivity contribution in [1.82, 2.24) is 5.32 Å². The first-order valence-corrected chi connectivity index (χ1v) is 14.3. The average Bonchev–Trinajstić information content (AvgIpc) is 3.01. The van der Waals surface area contributed by atoms with Crippen LogP contribution >= 0.6 is 0 Å². The number of carbonyl (C=O) groups excluding carboxylic acids is 1. The van der Waals surface area contributed by atoms with Crippen LogP contribution in [0.3, 0.4) is 0 Å². The van der Waals surface area contributed by atoms with Gasteiger partial charge < -0.3 is 94.3 Å². The number of carbonyl (C=O) groups is 1. The van der Waals surface area contributed by atoms with Gasteiger partial charge in [0, 0.05) is 14.0 Å². The molecule has 20 nitrogen and oxygen atoms in total. The summed E-state index contributed by atoms with van der Waals surface area (Å²) in [6.45, 7) is -1.02. The van der Waals surface area contributed by atoms with Gasteiger partial charge in [-0.3, -0.25) is 4.79 Å². The van der Waals surface area contributed by atoms with E-state index in [1.165, 1.54) is 14.0 Å². The lowest BCUT2D eigenvalue weighted by Crippen LogP contribution is -2.67. The molecular formula is C25H43NO19. The molecule has 0 aromatic rings. The summed E-state index contributed by atoms with van der Waals surface area (Å²) >= 11 is 0. The van der Waals surface area contributed by atoms with Gasteiger partial charge in [0.15, 0.2) is 25.2 Å². The molecule has 20 heteroatoms. The van der Waals surface area contributed by atoms with Crippen molar-refractivity contribution in [3.05, 3.63) is 0 Å². The molecule has 1 amide bonds. The molecule has 4 aliphatic rings.